The molecule has 1 aliphatic heterocycles. The van der Waals surface area contributed by atoms with Crippen molar-refractivity contribution in [2.45, 2.75) is 47.9 Å². The smallest absolute Gasteiger partial charge is 0.262 e. The minimum Gasteiger partial charge on any atom is -0.332 e. The van der Waals surface area contributed by atoms with Crippen LogP contribution in [0.15, 0.2) is 117 Å². The van der Waals surface area contributed by atoms with Crippen LogP contribution in [0.25, 0.3) is 10.9 Å². The van der Waals surface area contributed by atoms with Gasteiger partial charge in [-0.15, -0.1) is 0 Å². The number of hydrogen-bond acceptors (Lipinski definition) is 4. The summed E-state index contributed by atoms with van der Waals surface area (Å²) >= 11 is 5.48. The quantitative estimate of drug-likeness (QED) is 0.114. The van der Waals surface area contributed by atoms with Crippen LogP contribution in [0.5, 0.6) is 0 Å². The summed E-state index contributed by atoms with van der Waals surface area (Å²) in [7, 11) is -0.244. The molecular formula is C36H36N3O2S2+. The van der Waals surface area contributed by atoms with Crippen molar-refractivity contribution in [3.63, 3.8) is 0 Å². The highest BCUT2D eigenvalue weighted by Crippen LogP contribution is 2.32. The number of piperidine rings is 1. The van der Waals surface area contributed by atoms with Crippen molar-refractivity contribution in [3.05, 3.63) is 129 Å². The molecule has 2 heterocycles. The lowest BCUT2D eigenvalue weighted by atomic mass is 9.89. The van der Waals surface area contributed by atoms with Gasteiger partial charge in [0.2, 0.25) is 0 Å². The SMILES string of the molecule is Cc1ccc([S+](c2ccc(C)cc2)c2ccc(C(=O)C3CCN(CCn4c(=S)[nH]c5ccccc5c4=O)CC3)cc2)cc1. The average Bonchev–Trinajstić information content (AvgIpc) is 3.03. The Bertz CT molecular complexity index is 1810. The van der Waals surface area contributed by atoms with E-state index in [9.17, 15) is 9.59 Å². The zero-order chi connectivity index (χ0) is 29.9. The Balaban J connectivity index is 1.11. The Morgan fingerprint density at radius 2 is 1.33 bits per heavy atom. The van der Waals surface area contributed by atoms with Gasteiger partial charge in [-0.3, -0.25) is 14.2 Å². The predicted molar refractivity (Wildman–Crippen MR) is 178 cm³/mol. The number of Topliss-reactive ketones (excluding diaryl/α,β-unsaturated/α-hetero) is 1. The van der Waals surface area contributed by atoms with Crippen LogP contribution >= 0.6 is 12.2 Å². The number of benzene rings is 4. The summed E-state index contributed by atoms with van der Waals surface area (Å²) in [6, 6.07) is 33.3. The molecule has 0 radical (unpaired) electrons. The van der Waals surface area contributed by atoms with Crippen LogP contribution in [0.4, 0.5) is 0 Å². The number of ketones is 1. The molecule has 1 aliphatic rings. The zero-order valence-electron chi connectivity index (χ0n) is 24.6. The van der Waals surface area contributed by atoms with Gasteiger partial charge in [0.05, 0.1) is 21.8 Å². The Kier molecular flexibility index (Phi) is 8.75. The third kappa shape index (κ3) is 6.44. The van der Waals surface area contributed by atoms with Gasteiger partial charge in [-0.25, -0.2) is 0 Å². The summed E-state index contributed by atoms with van der Waals surface area (Å²) in [5.41, 5.74) is 3.99. The van der Waals surface area contributed by atoms with Crippen LogP contribution in [0.1, 0.15) is 34.3 Å². The van der Waals surface area contributed by atoms with Gasteiger partial charge in [-0.2, -0.15) is 0 Å². The summed E-state index contributed by atoms with van der Waals surface area (Å²) in [5, 5.41) is 0.649. The number of rotatable bonds is 8. The molecule has 5 nitrogen and oxygen atoms in total. The van der Waals surface area contributed by atoms with E-state index < -0.39 is 0 Å². The molecule has 5 aromatic rings. The van der Waals surface area contributed by atoms with E-state index in [1.54, 1.807) is 4.57 Å². The van der Waals surface area contributed by atoms with Gasteiger partial charge in [-0.1, -0.05) is 47.5 Å². The third-order valence-corrected chi connectivity index (χ3v) is 10.9. The minimum atomic E-state index is -0.244. The number of aryl methyl sites for hydroxylation is 2. The third-order valence-electron chi connectivity index (χ3n) is 8.38. The minimum absolute atomic E-state index is 0.0146. The molecule has 1 fully saturated rings. The fourth-order valence-electron chi connectivity index (χ4n) is 5.81. The molecule has 43 heavy (non-hydrogen) atoms. The molecule has 0 atom stereocenters. The lowest BCUT2D eigenvalue weighted by Gasteiger charge is -2.31. The van der Waals surface area contributed by atoms with Crippen LogP contribution in [-0.4, -0.2) is 39.9 Å². The molecule has 0 aliphatic carbocycles. The lowest BCUT2D eigenvalue weighted by molar-refractivity contribution is 0.0837. The highest BCUT2D eigenvalue weighted by Gasteiger charge is 2.30. The predicted octanol–water partition coefficient (Wildman–Crippen LogP) is 7.37. The first-order valence-corrected chi connectivity index (χ1v) is 16.5. The maximum atomic E-state index is 13.5. The topological polar surface area (TPSA) is 58.1 Å². The Morgan fingerprint density at radius 1 is 0.791 bits per heavy atom. The van der Waals surface area contributed by atoms with Crippen molar-refractivity contribution in [1.82, 2.24) is 14.5 Å². The second-order valence-electron chi connectivity index (χ2n) is 11.4. The van der Waals surface area contributed by atoms with E-state index in [1.807, 2.05) is 36.4 Å². The number of para-hydroxylation sites is 1. The van der Waals surface area contributed by atoms with Gasteiger partial charge in [0.25, 0.3) is 5.56 Å². The number of H-pyrrole nitrogens is 1. The van der Waals surface area contributed by atoms with Crippen LogP contribution in [0, 0.1) is 24.5 Å². The summed E-state index contributed by atoms with van der Waals surface area (Å²) < 4.78 is 2.10. The number of likely N-dealkylation sites (tertiary alicyclic amines) is 1. The molecule has 1 saturated heterocycles. The first-order chi connectivity index (χ1) is 20.9. The number of aromatic amines is 1. The zero-order valence-corrected chi connectivity index (χ0v) is 26.2. The number of carbonyl (C=O) groups excluding carboxylic acids is 1. The van der Waals surface area contributed by atoms with Crippen molar-refractivity contribution in [2.24, 2.45) is 5.92 Å². The van der Waals surface area contributed by atoms with E-state index in [1.165, 1.54) is 25.8 Å². The summed E-state index contributed by atoms with van der Waals surface area (Å²) in [5.74, 6) is 0.241. The van der Waals surface area contributed by atoms with E-state index in [2.05, 4.69) is 84.4 Å². The first-order valence-electron chi connectivity index (χ1n) is 14.8. The molecule has 4 aromatic carbocycles. The Hall–Kier alpha value is -3.78. The summed E-state index contributed by atoms with van der Waals surface area (Å²) in [6.07, 6.45) is 1.63. The average molecular weight is 607 g/mol. The van der Waals surface area contributed by atoms with Gasteiger partial charge < -0.3 is 9.88 Å². The lowest BCUT2D eigenvalue weighted by Crippen LogP contribution is -2.39. The monoisotopic (exact) mass is 606 g/mol. The molecule has 218 valence electrons. The van der Waals surface area contributed by atoms with Gasteiger partial charge in [0, 0.05) is 24.6 Å². The largest absolute Gasteiger partial charge is 0.332 e. The fourth-order valence-corrected chi connectivity index (χ4v) is 8.14. The van der Waals surface area contributed by atoms with E-state index in [4.69, 9.17) is 12.2 Å². The van der Waals surface area contributed by atoms with Crippen molar-refractivity contribution >= 4 is 39.8 Å². The maximum Gasteiger partial charge on any atom is 0.262 e. The number of nitrogens with zero attached hydrogens (tertiary/aromatic N) is 2. The van der Waals surface area contributed by atoms with E-state index in [0.717, 1.165) is 43.6 Å². The van der Waals surface area contributed by atoms with E-state index in [-0.39, 0.29) is 28.2 Å². The van der Waals surface area contributed by atoms with Gasteiger partial charge in [0.15, 0.2) is 25.2 Å². The summed E-state index contributed by atoms with van der Waals surface area (Å²) in [4.78, 5) is 35.8. The second kappa shape index (κ2) is 12.8. The molecule has 7 heteroatoms. The first kappa shape index (κ1) is 29.3. The molecule has 0 unspecified atom stereocenters. The van der Waals surface area contributed by atoms with Crippen molar-refractivity contribution in [1.29, 1.82) is 0 Å². The maximum absolute atomic E-state index is 13.5. The molecule has 0 spiro atoms. The number of aromatic nitrogens is 2. The fraction of sp³-hybridized carbons (Fsp3) is 0.250. The number of fused-ring (bicyclic) bond motifs is 1. The van der Waals surface area contributed by atoms with Gasteiger partial charge in [-0.05, 0) is 113 Å². The number of carbonyl (C=O) groups is 1. The number of hydrogen-bond donors (Lipinski definition) is 1. The molecule has 0 bridgehead atoms. The molecule has 0 amide bonds. The van der Waals surface area contributed by atoms with Gasteiger partial charge in [0.1, 0.15) is 0 Å². The van der Waals surface area contributed by atoms with E-state index >= 15 is 0 Å². The second-order valence-corrected chi connectivity index (χ2v) is 13.8. The highest BCUT2D eigenvalue weighted by atomic mass is 32.2. The van der Waals surface area contributed by atoms with Crippen molar-refractivity contribution < 1.29 is 4.79 Å². The van der Waals surface area contributed by atoms with Crippen LogP contribution in [0.2, 0.25) is 0 Å². The standard InChI is InChI=1S/C36H35N3O2S2/c1-25-7-13-29(14-8-25)43(30-15-9-26(2)10-16-30)31-17-11-27(12-18-31)34(40)28-19-21-38(22-20-28)23-24-39-35(41)32-5-3-4-6-33(32)37-36(39)42/h3-18,28H,19-24H2,1-2H3/p+1. The van der Waals surface area contributed by atoms with Crippen molar-refractivity contribution in [3.8, 4) is 0 Å². The molecule has 6 rings (SSSR count). The molecular weight excluding hydrogens is 571 g/mol. The Morgan fingerprint density at radius 3 is 1.91 bits per heavy atom. The van der Waals surface area contributed by atoms with Crippen LogP contribution in [0.3, 0.4) is 0 Å². The normalized spacial score (nSPS) is 14.4. The van der Waals surface area contributed by atoms with Gasteiger partial charge >= 0.3 is 0 Å². The molecule has 1 N–H and O–H groups in total. The highest BCUT2D eigenvalue weighted by molar-refractivity contribution is 7.97. The summed E-state index contributed by atoms with van der Waals surface area (Å²) in [6.45, 7) is 7.14. The van der Waals surface area contributed by atoms with E-state index in [0.29, 0.717) is 16.7 Å². The van der Waals surface area contributed by atoms with Crippen LogP contribution in [-0.2, 0) is 17.4 Å². The number of nitrogens with one attached hydrogen (secondary N) is 1. The molecule has 1 aromatic heterocycles. The van der Waals surface area contributed by atoms with Crippen molar-refractivity contribution in [2.75, 3.05) is 19.6 Å². The Labute approximate surface area is 260 Å². The van der Waals surface area contributed by atoms with Crippen LogP contribution < -0.4 is 5.56 Å². The molecule has 0 saturated carbocycles.